The van der Waals surface area contributed by atoms with Gasteiger partial charge in [-0.1, -0.05) is 54.6 Å². The Morgan fingerprint density at radius 2 is 1.78 bits per heavy atom. The van der Waals surface area contributed by atoms with E-state index >= 15 is 0 Å². The van der Waals surface area contributed by atoms with Gasteiger partial charge in [-0.15, -0.1) is 0 Å². The minimum Gasteiger partial charge on any atom is -0.320 e. The maximum Gasteiger partial charge on any atom is 0.355 e. The zero-order valence-corrected chi connectivity index (χ0v) is 16.9. The minimum absolute atomic E-state index is 0.0852. The molecule has 1 aliphatic heterocycles. The lowest BCUT2D eigenvalue weighted by atomic mass is 10.0. The molecule has 0 saturated carbocycles. The lowest BCUT2D eigenvalue weighted by molar-refractivity contribution is -0.383. The number of nitrogens with zero attached hydrogens (tertiary/aromatic N) is 4. The molecule has 0 bridgehead atoms. The van der Waals surface area contributed by atoms with Crippen LogP contribution in [0.4, 0.5) is 23.0 Å². The average Bonchev–Trinajstić information content (AvgIpc) is 3.26. The number of anilines is 3. The van der Waals surface area contributed by atoms with Crippen molar-refractivity contribution in [2.45, 2.75) is 6.42 Å². The summed E-state index contributed by atoms with van der Waals surface area (Å²) in [6.45, 7) is 0.568. The van der Waals surface area contributed by atoms with Gasteiger partial charge in [0, 0.05) is 17.8 Å². The molecule has 158 valence electrons. The third-order valence-corrected chi connectivity index (χ3v) is 5.46. The van der Waals surface area contributed by atoms with E-state index in [0.717, 1.165) is 28.4 Å². The van der Waals surface area contributed by atoms with Crippen molar-refractivity contribution in [3.05, 3.63) is 94.3 Å². The van der Waals surface area contributed by atoms with E-state index in [4.69, 9.17) is 0 Å². The summed E-state index contributed by atoms with van der Waals surface area (Å²) in [7, 11) is 0. The highest BCUT2D eigenvalue weighted by Crippen LogP contribution is 2.39. The molecule has 0 saturated heterocycles. The number of para-hydroxylation sites is 1. The van der Waals surface area contributed by atoms with Crippen molar-refractivity contribution in [2.75, 3.05) is 16.9 Å². The Kier molecular flexibility index (Phi) is 4.83. The zero-order valence-electron chi connectivity index (χ0n) is 16.9. The van der Waals surface area contributed by atoms with Crippen molar-refractivity contribution in [1.29, 1.82) is 0 Å². The van der Waals surface area contributed by atoms with E-state index in [9.17, 15) is 14.9 Å². The van der Waals surface area contributed by atoms with Gasteiger partial charge in [0.15, 0.2) is 0 Å². The summed E-state index contributed by atoms with van der Waals surface area (Å²) in [6.07, 6.45) is 2.01. The molecule has 0 aliphatic carbocycles. The molecule has 32 heavy (non-hydrogen) atoms. The first-order chi connectivity index (χ1) is 15.6. The van der Waals surface area contributed by atoms with Crippen molar-refractivity contribution in [2.24, 2.45) is 0 Å². The molecular weight excluding hydrogens is 408 g/mol. The van der Waals surface area contributed by atoms with Crippen molar-refractivity contribution in [1.82, 2.24) is 15.4 Å². The molecule has 9 heteroatoms. The Hall–Kier alpha value is -4.53. The molecule has 2 heterocycles. The first-order valence-electron chi connectivity index (χ1n) is 10.0. The zero-order chi connectivity index (χ0) is 22.1. The van der Waals surface area contributed by atoms with Crippen LogP contribution in [-0.2, 0) is 6.42 Å². The van der Waals surface area contributed by atoms with Gasteiger partial charge in [0.25, 0.3) is 5.91 Å². The second-order valence-corrected chi connectivity index (χ2v) is 7.29. The van der Waals surface area contributed by atoms with Crippen LogP contribution in [-0.4, -0.2) is 27.3 Å². The highest BCUT2D eigenvalue weighted by Gasteiger charge is 2.31. The largest absolute Gasteiger partial charge is 0.355 e. The summed E-state index contributed by atoms with van der Waals surface area (Å²) < 4.78 is 0. The number of benzene rings is 3. The number of hydrogen-bond acceptors (Lipinski definition) is 7. The van der Waals surface area contributed by atoms with E-state index in [1.54, 1.807) is 17.0 Å². The third-order valence-electron chi connectivity index (χ3n) is 5.46. The standard InChI is InChI=1S/C23H18N6O3/c30-23(18-10-5-8-15-6-1-3-9-17(15)18)27-26-21-20(29(31)32)22(25-14-24-21)28-13-12-16-7-2-4-11-19(16)28/h1-11,14H,12-13H2,(H,27,30)(H,24,25,26). The first-order valence-corrected chi connectivity index (χ1v) is 10.0. The van der Waals surface area contributed by atoms with Crippen LogP contribution in [0.25, 0.3) is 10.8 Å². The van der Waals surface area contributed by atoms with Crippen LogP contribution in [0.3, 0.4) is 0 Å². The van der Waals surface area contributed by atoms with Crippen molar-refractivity contribution in [3.8, 4) is 0 Å². The topological polar surface area (TPSA) is 113 Å². The van der Waals surface area contributed by atoms with Gasteiger partial charge in [-0.25, -0.2) is 9.97 Å². The van der Waals surface area contributed by atoms with Crippen LogP contribution in [0.5, 0.6) is 0 Å². The lowest BCUT2D eigenvalue weighted by Gasteiger charge is -2.19. The van der Waals surface area contributed by atoms with Crippen LogP contribution in [0.15, 0.2) is 73.1 Å². The molecule has 1 amide bonds. The van der Waals surface area contributed by atoms with Gasteiger partial charge in [0.2, 0.25) is 11.6 Å². The predicted molar refractivity (Wildman–Crippen MR) is 121 cm³/mol. The number of nitrogens with one attached hydrogen (secondary N) is 2. The van der Waals surface area contributed by atoms with Gasteiger partial charge >= 0.3 is 5.69 Å². The van der Waals surface area contributed by atoms with Gasteiger partial charge < -0.3 is 4.90 Å². The number of amides is 1. The number of rotatable bonds is 5. The van der Waals surface area contributed by atoms with E-state index in [1.807, 2.05) is 54.6 Å². The van der Waals surface area contributed by atoms with Crippen LogP contribution >= 0.6 is 0 Å². The minimum atomic E-state index is -0.539. The molecule has 1 aliphatic rings. The third kappa shape index (κ3) is 3.35. The van der Waals surface area contributed by atoms with E-state index in [1.165, 1.54) is 6.33 Å². The Bertz CT molecular complexity index is 1350. The summed E-state index contributed by atoms with van der Waals surface area (Å²) in [5.41, 5.74) is 7.28. The highest BCUT2D eigenvalue weighted by molar-refractivity contribution is 6.07. The summed E-state index contributed by atoms with van der Waals surface area (Å²) >= 11 is 0. The number of carbonyl (C=O) groups is 1. The van der Waals surface area contributed by atoms with Gasteiger partial charge in [-0.05, 0) is 34.9 Å². The Balaban J connectivity index is 1.45. The number of carbonyl (C=O) groups excluding carboxylic acids is 1. The molecule has 0 unspecified atom stereocenters. The smallest absolute Gasteiger partial charge is 0.320 e. The fraction of sp³-hybridized carbons (Fsp3) is 0.0870. The quantitative estimate of drug-likeness (QED) is 0.366. The van der Waals surface area contributed by atoms with E-state index < -0.39 is 10.8 Å². The summed E-state index contributed by atoms with van der Waals surface area (Å²) in [5.74, 6) is -0.336. The van der Waals surface area contributed by atoms with E-state index in [0.29, 0.717) is 12.1 Å². The summed E-state index contributed by atoms with van der Waals surface area (Å²) in [5, 5.41) is 13.6. The molecule has 5 rings (SSSR count). The second kappa shape index (κ2) is 7.95. The van der Waals surface area contributed by atoms with Gasteiger partial charge in [0.05, 0.1) is 4.92 Å². The van der Waals surface area contributed by atoms with Crippen molar-refractivity contribution < 1.29 is 9.72 Å². The molecular formula is C23H18N6O3. The van der Waals surface area contributed by atoms with Crippen LogP contribution in [0.2, 0.25) is 0 Å². The maximum atomic E-state index is 12.8. The van der Waals surface area contributed by atoms with Gasteiger partial charge in [-0.3, -0.25) is 25.8 Å². The summed E-state index contributed by atoms with van der Waals surface area (Å²) in [4.78, 5) is 34.2. The van der Waals surface area contributed by atoms with Gasteiger partial charge in [0.1, 0.15) is 6.33 Å². The van der Waals surface area contributed by atoms with Crippen molar-refractivity contribution in [3.63, 3.8) is 0 Å². The normalized spacial score (nSPS) is 12.4. The SMILES string of the molecule is O=C(NNc1ncnc(N2CCc3ccccc32)c1[N+](=O)[O-])c1cccc2ccccc12. The molecule has 3 aromatic carbocycles. The molecule has 0 radical (unpaired) electrons. The predicted octanol–water partition coefficient (Wildman–Crippen LogP) is 3.99. The molecule has 9 nitrogen and oxygen atoms in total. The van der Waals surface area contributed by atoms with E-state index in [2.05, 4.69) is 20.8 Å². The number of aromatic nitrogens is 2. The Morgan fingerprint density at radius 3 is 2.66 bits per heavy atom. The molecule has 0 fully saturated rings. The summed E-state index contributed by atoms with van der Waals surface area (Å²) in [6, 6.07) is 20.6. The number of nitro groups is 1. The average molecular weight is 426 g/mol. The molecule has 1 aromatic heterocycles. The molecule has 4 aromatic rings. The van der Waals surface area contributed by atoms with Crippen molar-refractivity contribution >= 4 is 39.7 Å². The van der Waals surface area contributed by atoms with Crippen LogP contribution in [0, 0.1) is 10.1 Å². The molecule has 2 N–H and O–H groups in total. The molecule has 0 atom stereocenters. The maximum absolute atomic E-state index is 12.8. The monoisotopic (exact) mass is 426 g/mol. The van der Waals surface area contributed by atoms with Crippen LogP contribution < -0.4 is 15.8 Å². The number of hydrogen-bond donors (Lipinski definition) is 2. The Labute approximate surface area is 182 Å². The Morgan fingerprint density at radius 1 is 1.00 bits per heavy atom. The van der Waals surface area contributed by atoms with Gasteiger partial charge in [-0.2, -0.15) is 0 Å². The van der Waals surface area contributed by atoms with Crippen LogP contribution in [0.1, 0.15) is 15.9 Å². The second-order valence-electron chi connectivity index (χ2n) is 7.29. The number of fused-ring (bicyclic) bond motifs is 2. The fourth-order valence-electron chi connectivity index (χ4n) is 3.99. The number of hydrazine groups is 1. The van der Waals surface area contributed by atoms with E-state index in [-0.39, 0.29) is 17.3 Å². The first kappa shape index (κ1) is 19.4. The molecule has 0 spiro atoms. The lowest BCUT2D eigenvalue weighted by Crippen LogP contribution is -2.30. The highest BCUT2D eigenvalue weighted by atomic mass is 16.6. The fourth-order valence-corrected chi connectivity index (χ4v) is 3.99.